The molecule has 0 spiro atoms. The number of hydrogen-bond acceptors (Lipinski definition) is 5. The van der Waals surface area contributed by atoms with E-state index in [1.165, 1.54) is 6.07 Å². The standard InChI is InChI=1S/C14H14N4O3/c19-16-13-8-1-2-9(5-8)14(13)17-12-6-11(18(20)21)4-3-10(12)7-15-17/h3-4,6-9,14,19H,1-2,5H2/b16-13+. The summed E-state index contributed by atoms with van der Waals surface area (Å²) in [4.78, 5) is 10.6. The zero-order valence-corrected chi connectivity index (χ0v) is 11.2. The van der Waals surface area contributed by atoms with Gasteiger partial charge < -0.3 is 5.21 Å². The molecule has 21 heavy (non-hydrogen) atoms. The van der Waals surface area contributed by atoms with Gasteiger partial charge in [-0.2, -0.15) is 5.10 Å². The number of oxime groups is 1. The molecule has 4 rings (SSSR count). The van der Waals surface area contributed by atoms with Crippen molar-refractivity contribution in [3.8, 4) is 0 Å². The Morgan fingerprint density at radius 1 is 1.43 bits per heavy atom. The van der Waals surface area contributed by atoms with E-state index in [0.717, 1.165) is 35.9 Å². The second kappa shape index (κ2) is 4.28. The van der Waals surface area contributed by atoms with Crippen LogP contribution in [0.5, 0.6) is 0 Å². The number of nitrogens with zero attached hydrogens (tertiary/aromatic N) is 4. The van der Waals surface area contributed by atoms with Gasteiger partial charge in [-0.25, -0.2) is 0 Å². The fourth-order valence-electron chi connectivity index (χ4n) is 3.88. The summed E-state index contributed by atoms with van der Waals surface area (Å²) in [5.41, 5.74) is 1.54. The van der Waals surface area contributed by atoms with Gasteiger partial charge in [0.05, 0.1) is 28.4 Å². The largest absolute Gasteiger partial charge is 0.411 e. The van der Waals surface area contributed by atoms with Gasteiger partial charge in [-0.05, 0) is 31.2 Å². The normalized spacial score (nSPS) is 29.5. The Kier molecular flexibility index (Phi) is 2.51. The first-order valence-electron chi connectivity index (χ1n) is 7.02. The van der Waals surface area contributed by atoms with E-state index in [1.807, 2.05) is 0 Å². The van der Waals surface area contributed by atoms with Crippen molar-refractivity contribution >= 4 is 22.3 Å². The summed E-state index contributed by atoms with van der Waals surface area (Å²) in [5.74, 6) is 0.728. The molecular weight excluding hydrogens is 272 g/mol. The molecule has 2 saturated carbocycles. The molecule has 2 aromatic rings. The fraction of sp³-hybridized carbons (Fsp3) is 0.429. The predicted molar refractivity (Wildman–Crippen MR) is 75.5 cm³/mol. The third kappa shape index (κ3) is 1.66. The average molecular weight is 286 g/mol. The maximum absolute atomic E-state index is 11.0. The fourth-order valence-corrected chi connectivity index (χ4v) is 3.88. The number of benzene rings is 1. The highest BCUT2D eigenvalue weighted by atomic mass is 16.6. The molecule has 1 aromatic heterocycles. The summed E-state index contributed by atoms with van der Waals surface area (Å²) < 4.78 is 1.79. The Bertz CT molecular complexity index is 767. The van der Waals surface area contributed by atoms with Crippen LogP contribution >= 0.6 is 0 Å². The molecule has 7 nitrogen and oxygen atoms in total. The Morgan fingerprint density at radius 2 is 2.29 bits per heavy atom. The van der Waals surface area contributed by atoms with Gasteiger partial charge in [-0.15, -0.1) is 0 Å². The maximum Gasteiger partial charge on any atom is 0.271 e. The highest BCUT2D eigenvalue weighted by molar-refractivity contribution is 5.94. The molecule has 3 unspecified atom stereocenters. The molecule has 0 radical (unpaired) electrons. The van der Waals surface area contributed by atoms with Crippen molar-refractivity contribution in [2.75, 3.05) is 0 Å². The number of hydrogen-bond donors (Lipinski definition) is 1. The van der Waals surface area contributed by atoms with Crippen molar-refractivity contribution in [1.29, 1.82) is 0 Å². The number of nitro groups is 1. The number of fused-ring (bicyclic) bond motifs is 3. The molecular formula is C14H14N4O3. The van der Waals surface area contributed by atoms with Crippen molar-refractivity contribution < 1.29 is 10.1 Å². The molecule has 2 bridgehead atoms. The van der Waals surface area contributed by atoms with E-state index in [9.17, 15) is 15.3 Å². The van der Waals surface area contributed by atoms with Gasteiger partial charge in [0.2, 0.25) is 0 Å². The van der Waals surface area contributed by atoms with Gasteiger partial charge in [-0.3, -0.25) is 14.8 Å². The zero-order chi connectivity index (χ0) is 14.6. The zero-order valence-electron chi connectivity index (χ0n) is 11.2. The van der Waals surface area contributed by atoms with Gasteiger partial charge in [-0.1, -0.05) is 5.16 Å². The minimum atomic E-state index is -0.404. The van der Waals surface area contributed by atoms with Crippen LogP contribution in [0.15, 0.2) is 29.6 Å². The molecule has 2 aliphatic carbocycles. The van der Waals surface area contributed by atoms with Crippen molar-refractivity contribution in [1.82, 2.24) is 9.78 Å². The molecule has 108 valence electrons. The lowest BCUT2D eigenvalue weighted by atomic mass is 9.93. The molecule has 2 fully saturated rings. The molecule has 7 heteroatoms. The Hall–Kier alpha value is -2.44. The van der Waals surface area contributed by atoms with Gasteiger partial charge in [0.1, 0.15) is 0 Å². The average Bonchev–Trinajstić information content (AvgIpc) is 3.19. The second-order valence-electron chi connectivity index (χ2n) is 5.83. The highest BCUT2D eigenvalue weighted by Crippen LogP contribution is 2.49. The first-order valence-corrected chi connectivity index (χ1v) is 7.02. The lowest BCUT2D eigenvalue weighted by Crippen LogP contribution is -2.26. The SMILES string of the molecule is O=[N+]([O-])c1ccc2cnn(C3/C(=N/O)C4CCC3C4)c2c1. The number of nitro benzene ring substituents is 1. The van der Waals surface area contributed by atoms with Crippen molar-refractivity contribution in [2.24, 2.45) is 17.0 Å². The predicted octanol–water partition coefficient (Wildman–Crippen LogP) is 2.75. The number of aromatic nitrogens is 2. The third-order valence-electron chi connectivity index (χ3n) is 4.81. The van der Waals surface area contributed by atoms with Crippen LogP contribution in [0.3, 0.4) is 0 Å². The summed E-state index contributed by atoms with van der Waals surface area (Å²) in [6, 6.07) is 4.66. The first kappa shape index (κ1) is 12.3. The Morgan fingerprint density at radius 3 is 3.05 bits per heavy atom. The van der Waals surface area contributed by atoms with E-state index in [0.29, 0.717) is 11.8 Å². The van der Waals surface area contributed by atoms with Gasteiger partial charge in [0, 0.05) is 23.4 Å². The van der Waals surface area contributed by atoms with Crippen molar-refractivity contribution in [2.45, 2.75) is 25.3 Å². The Labute approximate surface area is 120 Å². The Balaban J connectivity index is 1.87. The third-order valence-corrected chi connectivity index (χ3v) is 4.81. The van der Waals surface area contributed by atoms with Crippen molar-refractivity contribution in [3.05, 3.63) is 34.5 Å². The van der Waals surface area contributed by atoms with E-state index >= 15 is 0 Å². The highest BCUT2D eigenvalue weighted by Gasteiger charge is 2.47. The van der Waals surface area contributed by atoms with Crippen LogP contribution in [-0.2, 0) is 0 Å². The van der Waals surface area contributed by atoms with E-state index in [-0.39, 0.29) is 11.7 Å². The van der Waals surface area contributed by atoms with Gasteiger partial charge in [0.25, 0.3) is 5.69 Å². The summed E-state index contributed by atoms with van der Waals surface area (Å²) in [6.07, 6.45) is 4.87. The van der Waals surface area contributed by atoms with Crippen LogP contribution < -0.4 is 0 Å². The van der Waals surface area contributed by atoms with Gasteiger partial charge >= 0.3 is 0 Å². The summed E-state index contributed by atoms with van der Waals surface area (Å²) in [5, 5.41) is 29.0. The molecule has 1 N–H and O–H groups in total. The summed E-state index contributed by atoms with van der Waals surface area (Å²) in [7, 11) is 0. The van der Waals surface area contributed by atoms with E-state index in [2.05, 4.69) is 10.3 Å². The number of non-ortho nitro benzene ring substituents is 1. The molecule has 0 amide bonds. The molecule has 1 heterocycles. The van der Waals surface area contributed by atoms with Gasteiger partial charge in [0.15, 0.2) is 0 Å². The molecule has 1 aromatic carbocycles. The van der Waals surface area contributed by atoms with E-state index in [1.54, 1.807) is 23.0 Å². The molecule has 0 aliphatic heterocycles. The van der Waals surface area contributed by atoms with E-state index < -0.39 is 4.92 Å². The smallest absolute Gasteiger partial charge is 0.271 e. The lowest BCUT2D eigenvalue weighted by molar-refractivity contribution is -0.384. The van der Waals surface area contributed by atoms with Crippen LogP contribution in [0, 0.1) is 22.0 Å². The topological polar surface area (TPSA) is 93.5 Å². The van der Waals surface area contributed by atoms with Crippen molar-refractivity contribution in [3.63, 3.8) is 0 Å². The number of rotatable bonds is 2. The van der Waals surface area contributed by atoms with Crippen LogP contribution in [0.4, 0.5) is 5.69 Å². The van der Waals surface area contributed by atoms with Crippen LogP contribution in [0.1, 0.15) is 25.3 Å². The minimum absolute atomic E-state index is 0.0508. The van der Waals surface area contributed by atoms with Crippen LogP contribution in [0.2, 0.25) is 0 Å². The second-order valence-corrected chi connectivity index (χ2v) is 5.83. The molecule has 2 aliphatic rings. The minimum Gasteiger partial charge on any atom is -0.411 e. The van der Waals surface area contributed by atoms with E-state index in [4.69, 9.17) is 0 Å². The maximum atomic E-state index is 11.0. The summed E-state index contributed by atoms with van der Waals surface area (Å²) >= 11 is 0. The van der Waals surface area contributed by atoms with Crippen LogP contribution in [-0.4, -0.2) is 25.6 Å². The quantitative estimate of drug-likeness (QED) is 0.521. The van der Waals surface area contributed by atoms with Crippen LogP contribution in [0.25, 0.3) is 10.9 Å². The first-order chi connectivity index (χ1) is 10.2. The molecule has 0 saturated heterocycles. The monoisotopic (exact) mass is 286 g/mol. The lowest BCUT2D eigenvalue weighted by Gasteiger charge is -2.23. The molecule has 3 atom stereocenters. The summed E-state index contributed by atoms with van der Waals surface area (Å²) in [6.45, 7) is 0.